The number of aromatic nitrogens is 3. The first-order valence-electron chi connectivity index (χ1n) is 14.1. The molecule has 0 bridgehead atoms. The number of hydrogen-bond acceptors (Lipinski definition) is 14. The van der Waals surface area contributed by atoms with Crippen LogP contribution in [0.4, 0.5) is 28.7 Å². The molecule has 1 aliphatic carbocycles. The highest BCUT2D eigenvalue weighted by atomic mass is 35.5. The molecule has 262 valence electrons. The first-order chi connectivity index (χ1) is 23.8. The Morgan fingerprint density at radius 1 is 0.667 bits per heavy atom. The maximum absolute atomic E-state index is 13.6. The van der Waals surface area contributed by atoms with Crippen molar-refractivity contribution in [1.82, 2.24) is 15.0 Å². The van der Waals surface area contributed by atoms with Crippen molar-refractivity contribution in [3.63, 3.8) is 0 Å². The van der Waals surface area contributed by atoms with Crippen molar-refractivity contribution in [3.8, 4) is 0 Å². The second kappa shape index (κ2) is 12.8. The molecule has 0 saturated carbocycles. The molecule has 51 heavy (non-hydrogen) atoms. The standard InChI is InChI=1S/C30H21ClN6O11S3/c31-29-35-23(11-14-5-8-16(9-6-14)49(40,41)42)36-30(37-29)34-19-10-7-15(12-21(19)50(43,44)45)33-20-13-22(51(46,47)48)26(32)25-24(20)27(38)17-3-1-2-4-18(17)28(25)39/h1-10,12-13,33H,11,32H2,(H,40,41,42)(H,43,44,45)(H,46,47,48)(H,34,35,36,37). The molecule has 0 amide bonds. The van der Waals surface area contributed by atoms with Gasteiger partial charge < -0.3 is 16.4 Å². The van der Waals surface area contributed by atoms with Gasteiger partial charge in [-0.2, -0.15) is 35.2 Å². The number of rotatable bonds is 9. The Morgan fingerprint density at radius 3 is 1.86 bits per heavy atom. The van der Waals surface area contributed by atoms with Gasteiger partial charge in [0, 0.05) is 23.2 Å². The van der Waals surface area contributed by atoms with Gasteiger partial charge in [-0.15, -0.1) is 0 Å². The van der Waals surface area contributed by atoms with E-state index in [2.05, 4.69) is 25.6 Å². The number of carbonyl (C=O) groups is 2. The molecule has 4 aromatic carbocycles. The van der Waals surface area contributed by atoms with Crippen molar-refractivity contribution in [2.24, 2.45) is 0 Å². The summed E-state index contributed by atoms with van der Waals surface area (Å²) >= 11 is 6.07. The predicted molar refractivity (Wildman–Crippen MR) is 181 cm³/mol. The lowest BCUT2D eigenvalue weighted by Crippen LogP contribution is -2.25. The summed E-state index contributed by atoms with van der Waals surface area (Å²) in [4.78, 5) is 37.2. The van der Waals surface area contributed by atoms with Crippen LogP contribution in [0.1, 0.15) is 43.2 Å². The molecule has 6 rings (SSSR count). The highest BCUT2D eigenvalue weighted by molar-refractivity contribution is 7.86. The number of hydrogen-bond donors (Lipinski definition) is 6. The molecule has 0 spiro atoms. The van der Waals surface area contributed by atoms with E-state index in [-0.39, 0.29) is 62.1 Å². The monoisotopic (exact) mass is 772 g/mol. The number of ketones is 2. The fourth-order valence-corrected chi connectivity index (χ4v) is 7.26. The maximum atomic E-state index is 13.6. The van der Waals surface area contributed by atoms with Gasteiger partial charge >= 0.3 is 0 Å². The second-order valence-corrected chi connectivity index (χ2v) is 15.4. The SMILES string of the molecule is Nc1c(S(=O)(=O)O)cc(Nc2ccc(Nc3nc(Cl)nc(Cc4ccc(S(=O)(=O)O)cc4)n3)c(S(=O)(=O)O)c2)c2c1C(=O)c1ccccc1C2=O. The van der Waals surface area contributed by atoms with E-state index in [9.17, 15) is 48.5 Å². The first kappa shape index (κ1) is 35.5. The lowest BCUT2D eigenvalue weighted by atomic mass is 9.82. The van der Waals surface area contributed by atoms with Crippen LogP contribution in [-0.2, 0) is 36.8 Å². The van der Waals surface area contributed by atoms with E-state index in [1.165, 1.54) is 42.5 Å². The Hall–Kier alpha value is -5.35. The predicted octanol–water partition coefficient (Wildman–Crippen LogP) is 3.70. The number of halogens is 1. The molecule has 0 fully saturated rings. The third-order valence-corrected chi connectivity index (χ3v) is 10.3. The summed E-state index contributed by atoms with van der Waals surface area (Å²) < 4.78 is 101. The van der Waals surface area contributed by atoms with Crippen molar-refractivity contribution < 1.29 is 48.5 Å². The molecule has 17 nitrogen and oxygen atoms in total. The number of benzene rings is 4. The largest absolute Gasteiger partial charge is 0.397 e. The molecule has 1 aromatic heterocycles. The van der Waals surface area contributed by atoms with E-state index in [1.54, 1.807) is 0 Å². The normalized spacial score (nSPS) is 13.0. The third kappa shape index (κ3) is 7.14. The first-order valence-corrected chi connectivity index (χ1v) is 18.8. The van der Waals surface area contributed by atoms with Crippen molar-refractivity contribution in [3.05, 3.63) is 112 Å². The summed E-state index contributed by atoms with van der Waals surface area (Å²) in [6.45, 7) is 0. The Morgan fingerprint density at radius 2 is 1.27 bits per heavy atom. The zero-order chi connectivity index (χ0) is 37.0. The molecule has 0 radical (unpaired) electrons. The van der Waals surface area contributed by atoms with Gasteiger partial charge in [-0.05, 0) is 53.6 Å². The third-order valence-electron chi connectivity index (χ3n) is 7.50. The van der Waals surface area contributed by atoms with E-state index in [1.807, 2.05) is 0 Å². The summed E-state index contributed by atoms with van der Waals surface area (Å²) in [5.74, 6) is -1.72. The van der Waals surface area contributed by atoms with Crippen LogP contribution >= 0.6 is 11.6 Å². The van der Waals surface area contributed by atoms with Crippen LogP contribution in [0.2, 0.25) is 5.28 Å². The quantitative estimate of drug-likeness (QED) is 0.0902. The van der Waals surface area contributed by atoms with Crippen LogP contribution in [-0.4, -0.2) is 65.4 Å². The summed E-state index contributed by atoms with van der Waals surface area (Å²) in [5, 5.41) is 5.00. The summed E-state index contributed by atoms with van der Waals surface area (Å²) in [5.41, 5.74) is 4.19. The average molecular weight is 773 g/mol. The van der Waals surface area contributed by atoms with Crippen LogP contribution in [0, 0.1) is 0 Å². The lowest BCUT2D eigenvalue weighted by Gasteiger charge is -2.24. The minimum Gasteiger partial charge on any atom is -0.397 e. The Balaban J connectivity index is 1.37. The number of nitrogens with zero attached hydrogens (tertiary/aromatic N) is 3. The molecular weight excluding hydrogens is 752 g/mol. The van der Waals surface area contributed by atoms with Crippen LogP contribution in [0.25, 0.3) is 0 Å². The smallest absolute Gasteiger partial charge is 0.296 e. The van der Waals surface area contributed by atoms with Crippen LogP contribution in [0.5, 0.6) is 0 Å². The van der Waals surface area contributed by atoms with E-state index in [4.69, 9.17) is 17.3 Å². The summed E-state index contributed by atoms with van der Waals surface area (Å²) in [6, 6.07) is 15.0. The molecular formula is C30H21ClN6O11S3. The van der Waals surface area contributed by atoms with Crippen LogP contribution < -0.4 is 16.4 Å². The number of anilines is 5. The van der Waals surface area contributed by atoms with Gasteiger partial charge in [0.25, 0.3) is 30.4 Å². The Labute approximate surface area is 293 Å². The summed E-state index contributed by atoms with van der Waals surface area (Å²) in [7, 11) is -14.5. The molecule has 5 aromatic rings. The molecule has 21 heteroatoms. The fourth-order valence-electron chi connectivity index (χ4n) is 5.29. The number of nitrogen functional groups attached to an aromatic ring is 1. The van der Waals surface area contributed by atoms with Crippen molar-refractivity contribution >= 4 is 82.2 Å². The van der Waals surface area contributed by atoms with Gasteiger partial charge in [-0.3, -0.25) is 23.2 Å². The van der Waals surface area contributed by atoms with Gasteiger partial charge in [0.15, 0.2) is 11.6 Å². The van der Waals surface area contributed by atoms with Gasteiger partial charge in [0.2, 0.25) is 11.2 Å². The van der Waals surface area contributed by atoms with Crippen molar-refractivity contribution in [1.29, 1.82) is 0 Å². The van der Waals surface area contributed by atoms with Gasteiger partial charge in [0.05, 0.1) is 33.1 Å². The Kier molecular flexibility index (Phi) is 8.88. The van der Waals surface area contributed by atoms with Gasteiger partial charge in [-0.25, -0.2) is 4.98 Å². The molecule has 0 atom stereocenters. The van der Waals surface area contributed by atoms with E-state index in [0.29, 0.717) is 5.56 Å². The van der Waals surface area contributed by atoms with E-state index >= 15 is 0 Å². The number of nitrogens with two attached hydrogens (primary N) is 1. The number of nitrogens with one attached hydrogen (secondary N) is 2. The summed E-state index contributed by atoms with van der Waals surface area (Å²) in [6.07, 6.45) is -0.000152. The van der Waals surface area contributed by atoms with Crippen LogP contribution in [0.15, 0.2) is 87.5 Å². The molecule has 1 heterocycles. The molecule has 0 aliphatic heterocycles. The number of carbonyl (C=O) groups excluding carboxylic acids is 2. The fraction of sp³-hybridized carbons (Fsp3) is 0.0333. The lowest BCUT2D eigenvalue weighted by molar-refractivity contribution is 0.0980. The van der Waals surface area contributed by atoms with Crippen molar-refractivity contribution in [2.45, 2.75) is 21.1 Å². The van der Waals surface area contributed by atoms with E-state index in [0.717, 1.165) is 30.3 Å². The maximum Gasteiger partial charge on any atom is 0.296 e. The number of fused-ring (bicyclic) bond motifs is 2. The second-order valence-electron chi connectivity index (χ2n) is 10.8. The zero-order valence-electron chi connectivity index (χ0n) is 25.3. The minimum atomic E-state index is -5.05. The highest BCUT2D eigenvalue weighted by Crippen LogP contribution is 2.40. The molecule has 1 aliphatic rings. The van der Waals surface area contributed by atoms with Crippen LogP contribution in [0.3, 0.4) is 0 Å². The molecule has 0 saturated heterocycles. The van der Waals surface area contributed by atoms with Crippen molar-refractivity contribution in [2.75, 3.05) is 16.4 Å². The highest BCUT2D eigenvalue weighted by Gasteiger charge is 2.36. The zero-order valence-corrected chi connectivity index (χ0v) is 28.5. The van der Waals surface area contributed by atoms with Gasteiger partial charge in [-0.1, -0.05) is 36.4 Å². The van der Waals surface area contributed by atoms with E-state index < -0.39 is 63.0 Å². The topological polar surface area (TPSA) is 286 Å². The Bertz CT molecular complexity index is 2660. The molecule has 0 unspecified atom stereocenters. The average Bonchev–Trinajstić information content (AvgIpc) is 3.03. The van der Waals surface area contributed by atoms with Gasteiger partial charge in [0.1, 0.15) is 15.6 Å². The molecule has 7 N–H and O–H groups in total. The minimum absolute atomic E-state index is 0.000152.